The van der Waals surface area contributed by atoms with E-state index in [-0.39, 0.29) is 29.4 Å². The highest BCUT2D eigenvalue weighted by molar-refractivity contribution is 5.89. The number of alkyl halides is 3. The van der Waals surface area contributed by atoms with Gasteiger partial charge in [-0.05, 0) is 100.0 Å². The second kappa shape index (κ2) is 12.3. The molecule has 182 valence electrons. The molecule has 0 saturated heterocycles. The van der Waals surface area contributed by atoms with Crippen LogP contribution in [-0.2, 0) is 10.9 Å². The highest BCUT2D eigenvalue weighted by atomic mass is 19.4. The van der Waals surface area contributed by atoms with Gasteiger partial charge in [0.15, 0.2) is 0 Å². The van der Waals surface area contributed by atoms with Crippen molar-refractivity contribution in [2.75, 3.05) is 0 Å². The summed E-state index contributed by atoms with van der Waals surface area (Å²) in [5.41, 5.74) is 4.99. The highest BCUT2D eigenvalue weighted by Crippen LogP contribution is 2.33. The minimum atomic E-state index is -4.50. The van der Waals surface area contributed by atoms with Crippen LogP contribution >= 0.6 is 0 Å². The van der Waals surface area contributed by atoms with Gasteiger partial charge >= 0.3 is 12.1 Å². The number of carbonyl (C=O) groups is 1. The normalized spacial score (nSPS) is 25.1. The number of esters is 1. The molecule has 1 aliphatic rings. The molecule has 2 nitrogen and oxygen atoms in total. The van der Waals surface area contributed by atoms with Crippen molar-refractivity contribution >= 4 is 5.97 Å². The van der Waals surface area contributed by atoms with E-state index in [0.29, 0.717) is 6.42 Å². The highest BCUT2D eigenvalue weighted by Gasteiger charge is 2.33. The third kappa shape index (κ3) is 8.89. The van der Waals surface area contributed by atoms with Crippen LogP contribution in [0.1, 0.15) is 89.1 Å². The molecular formula is C28H37F3O2. The first-order valence-corrected chi connectivity index (χ1v) is 11.9. The van der Waals surface area contributed by atoms with Crippen LogP contribution in [0.4, 0.5) is 13.2 Å². The van der Waals surface area contributed by atoms with E-state index in [2.05, 4.69) is 52.5 Å². The molecular weight excluding hydrogens is 425 g/mol. The molecule has 0 amide bonds. The minimum Gasteiger partial charge on any atom is -0.458 e. The molecule has 0 N–H and O–H groups in total. The van der Waals surface area contributed by atoms with E-state index >= 15 is 0 Å². The van der Waals surface area contributed by atoms with Crippen molar-refractivity contribution in [1.29, 1.82) is 0 Å². The summed E-state index contributed by atoms with van der Waals surface area (Å²) >= 11 is 0. The summed E-state index contributed by atoms with van der Waals surface area (Å²) < 4.78 is 45.3. The first kappa shape index (κ1) is 27.0. The van der Waals surface area contributed by atoms with Gasteiger partial charge in [0.05, 0.1) is 11.1 Å². The lowest BCUT2D eigenvalue weighted by Crippen LogP contribution is -2.32. The van der Waals surface area contributed by atoms with E-state index in [4.69, 9.17) is 4.74 Å². The Bertz CT molecular complexity index is 889. The summed E-state index contributed by atoms with van der Waals surface area (Å²) in [6.07, 6.45) is 4.68. The van der Waals surface area contributed by atoms with Crippen molar-refractivity contribution < 1.29 is 22.7 Å². The van der Waals surface area contributed by atoms with Crippen molar-refractivity contribution in [2.24, 2.45) is 17.8 Å². The molecule has 1 aliphatic carbocycles. The van der Waals surface area contributed by atoms with Gasteiger partial charge in [-0.25, -0.2) is 4.79 Å². The molecule has 1 aromatic carbocycles. The van der Waals surface area contributed by atoms with Gasteiger partial charge < -0.3 is 4.74 Å². The summed E-state index contributed by atoms with van der Waals surface area (Å²) in [5.74, 6) is -0.0429. The fourth-order valence-corrected chi connectivity index (χ4v) is 4.32. The van der Waals surface area contributed by atoms with Gasteiger partial charge in [-0.1, -0.05) is 38.5 Å². The van der Waals surface area contributed by atoms with E-state index in [1.165, 1.54) is 23.3 Å². The van der Waals surface area contributed by atoms with Crippen LogP contribution in [0, 0.1) is 17.8 Å². The first-order valence-electron chi connectivity index (χ1n) is 11.9. The van der Waals surface area contributed by atoms with Crippen molar-refractivity contribution in [3.63, 3.8) is 0 Å². The van der Waals surface area contributed by atoms with Crippen LogP contribution in [0.3, 0.4) is 0 Å². The smallest absolute Gasteiger partial charge is 0.416 e. The number of rotatable bonds is 3. The quantitative estimate of drug-likeness (QED) is 0.256. The molecule has 0 radical (unpaired) electrons. The molecule has 0 fully saturated rings. The Morgan fingerprint density at radius 3 is 2.58 bits per heavy atom. The zero-order valence-electron chi connectivity index (χ0n) is 20.5. The summed E-state index contributed by atoms with van der Waals surface area (Å²) in [4.78, 5) is 12.9. The van der Waals surface area contributed by atoms with E-state index in [1.54, 1.807) is 0 Å². The zero-order chi connectivity index (χ0) is 24.6. The van der Waals surface area contributed by atoms with Crippen molar-refractivity contribution in [2.45, 2.75) is 85.4 Å². The molecule has 0 spiro atoms. The summed E-state index contributed by atoms with van der Waals surface area (Å²) in [6.45, 7) is 10.6. The standard InChI is InChI=1S/C28H37F3O2/c1-19(2)25-16-15-21(4)11-6-9-20(3)10-7-12-22(5)17-26(25)33-27(32)23-13-8-14-24(18-23)28(29,30)31/h7-8,11,13-14,18-19,22,25-26H,6,9,12,15-17H2,1-5H3/b21-11-/t10?,22-,25-,26?/m1/s1. The number of benzene rings is 1. The van der Waals surface area contributed by atoms with Gasteiger partial charge in [-0.3, -0.25) is 0 Å². The van der Waals surface area contributed by atoms with Crippen LogP contribution in [-0.4, -0.2) is 12.1 Å². The van der Waals surface area contributed by atoms with Crippen LogP contribution in [0.2, 0.25) is 0 Å². The molecule has 1 unspecified atom stereocenters. The lowest BCUT2D eigenvalue weighted by atomic mass is 9.81. The molecule has 1 aromatic rings. The fourth-order valence-electron chi connectivity index (χ4n) is 4.32. The predicted octanol–water partition coefficient (Wildman–Crippen LogP) is 8.54. The minimum absolute atomic E-state index is 0.0612. The lowest BCUT2D eigenvalue weighted by molar-refractivity contribution is -0.137. The number of carbonyl (C=O) groups excluding carboxylic acids is 1. The zero-order valence-corrected chi connectivity index (χ0v) is 20.5. The average Bonchev–Trinajstić information content (AvgIpc) is 2.72. The largest absolute Gasteiger partial charge is 0.458 e. The van der Waals surface area contributed by atoms with Crippen molar-refractivity contribution in [3.8, 4) is 0 Å². The Labute approximate surface area is 196 Å². The van der Waals surface area contributed by atoms with Crippen LogP contribution < -0.4 is 0 Å². The van der Waals surface area contributed by atoms with Gasteiger partial charge in [0.1, 0.15) is 6.10 Å². The van der Waals surface area contributed by atoms with Gasteiger partial charge in [0.25, 0.3) is 0 Å². The van der Waals surface area contributed by atoms with Gasteiger partial charge in [0, 0.05) is 0 Å². The van der Waals surface area contributed by atoms with Gasteiger partial charge in [-0.2, -0.15) is 13.2 Å². The fraction of sp³-hybridized carbons (Fsp3) is 0.571. The lowest BCUT2D eigenvalue weighted by Gasteiger charge is -2.32. The topological polar surface area (TPSA) is 26.3 Å². The van der Waals surface area contributed by atoms with E-state index < -0.39 is 17.7 Å². The third-order valence-corrected chi connectivity index (χ3v) is 6.41. The SMILES string of the molecule is CC1=C=CC[C@@H](C)CC(OC(=O)c2cccc(C(F)(F)F)c2)[C@@H](C(C)C)CC/C(C)=C\CC1. The van der Waals surface area contributed by atoms with E-state index in [1.807, 2.05) is 0 Å². The third-order valence-electron chi connectivity index (χ3n) is 6.41. The number of halogens is 3. The summed E-state index contributed by atoms with van der Waals surface area (Å²) in [5, 5.41) is 0. The van der Waals surface area contributed by atoms with Crippen LogP contribution in [0.5, 0.6) is 0 Å². The Morgan fingerprint density at radius 2 is 1.91 bits per heavy atom. The van der Waals surface area contributed by atoms with E-state index in [0.717, 1.165) is 44.2 Å². The molecule has 3 atom stereocenters. The molecule has 0 aromatic heterocycles. The van der Waals surface area contributed by atoms with Crippen LogP contribution in [0.25, 0.3) is 0 Å². The maximum atomic E-state index is 13.1. The van der Waals surface area contributed by atoms with Crippen molar-refractivity contribution in [3.05, 3.63) is 64.4 Å². The molecule has 0 heterocycles. The Balaban J connectivity index is 2.31. The molecule has 33 heavy (non-hydrogen) atoms. The number of allylic oxidation sites excluding steroid dienone is 3. The second-order valence-corrected chi connectivity index (χ2v) is 9.76. The Hall–Kier alpha value is -2.26. The Kier molecular flexibility index (Phi) is 10.0. The van der Waals surface area contributed by atoms with Gasteiger partial charge in [0.2, 0.25) is 0 Å². The maximum Gasteiger partial charge on any atom is 0.416 e. The molecule has 5 heteroatoms. The molecule has 0 bridgehead atoms. The molecule has 0 aliphatic heterocycles. The van der Waals surface area contributed by atoms with Crippen molar-refractivity contribution in [1.82, 2.24) is 0 Å². The summed E-state index contributed by atoms with van der Waals surface area (Å²) in [7, 11) is 0. The first-order chi connectivity index (χ1) is 15.5. The monoisotopic (exact) mass is 462 g/mol. The number of hydrogen-bond acceptors (Lipinski definition) is 2. The maximum absolute atomic E-state index is 13.1. The molecule has 0 saturated carbocycles. The predicted molar refractivity (Wildman–Crippen MR) is 127 cm³/mol. The summed E-state index contributed by atoms with van der Waals surface area (Å²) in [6, 6.07) is 4.48. The Morgan fingerprint density at radius 1 is 1.18 bits per heavy atom. The number of hydrogen-bond donors (Lipinski definition) is 0. The molecule has 2 rings (SSSR count). The second-order valence-electron chi connectivity index (χ2n) is 9.76. The van der Waals surface area contributed by atoms with Gasteiger partial charge in [-0.15, -0.1) is 5.73 Å². The van der Waals surface area contributed by atoms with E-state index in [9.17, 15) is 18.0 Å². The van der Waals surface area contributed by atoms with Crippen LogP contribution in [0.15, 0.2) is 53.3 Å². The average molecular weight is 463 g/mol. The number of ether oxygens (including phenoxy) is 1.